The molecule has 12 nitrogen and oxygen atoms in total. The molecule has 0 fully saturated rings. The highest BCUT2D eigenvalue weighted by Crippen LogP contribution is 2.61. The van der Waals surface area contributed by atoms with Crippen LogP contribution >= 0.6 is 14.5 Å². The van der Waals surface area contributed by atoms with Crippen LogP contribution in [0.4, 0.5) is 0 Å². The van der Waals surface area contributed by atoms with Crippen LogP contribution in [0.5, 0.6) is 0 Å². The van der Waals surface area contributed by atoms with Crippen LogP contribution < -0.4 is 0 Å². The van der Waals surface area contributed by atoms with Crippen molar-refractivity contribution in [3.8, 4) is 0 Å². The summed E-state index contributed by atoms with van der Waals surface area (Å²) < 4.78 is 34.1. The first kappa shape index (κ1) is 43.9. The Morgan fingerprint density at radius 1 is 0.359 bits per heavy atom. The average Bonchev–Trinajstić information content (AvgIpc) is 2.91. The molecule has 0 aromatic rings. The molecular formula is C24H56O12P2S. The van der Waals surface area contributed by atoms with Crippen molar-refractivity contribution in [2.45, 2.75) is 51.4 Å². The van der Waals surface area contributed by atoms with Crippen molar-refractivity contribution >= 4 is 24.9 Å². The number of aliphatic hydroxyl groups is 8. The van der Waals surface area contributed by atoms with Crippen molar-refractivity contribution < 1.29 is 58.4 Å². The fourth-order valence-electron chi connectivity index (χ4n) is 4.59. The van der Waals surface area contributed by atoms with E-state index in [1.807, 2.05) is 0 Å². The Labute approximate surface area is 236 Å². The topological polar surface area (TPSA) is 242 Å². The maximum absolute atomic E-state index is 8.98. The van der Waals surface area contributed by atoms with Gasteiger partial charge in [-0.1, -0.05) is 0 Å². The second-order valence-corrected chi connectivity index (χ2v) is 19.3. The van der Waals surface area contributed by atoms with Crippen LogP contribution in [0.1, 0.15) is 51.4 Å². The molecule has 8 N–H and O–H groups in total. The number of hydrogen-bond acceptors (Lipinski definition) is 12. The van der Waals surface area contributed by atoms with E-state index in [-0.39, 0.29) is 52.9 Å². The van der Waals surface area contributed by atoms with E-state index in [0.29, 0.717) is 0 Å². The first-order chi connectivity index (χ1) is 18.5. The second-order valence-electron chi connectivity index (χ2n) is 9.50. The summed E-state index contributed by atoms with van der Waals surface area (Å²) in [6, 6.07) is 0. The predicted octanol–water partition coefficient (Wildman–Crippen LogP) is -0.271. The lowest BCUT2D eigenvalue weighted by Crippen LogP contribution is -2.15. The van der Waals surface area contributed by atoms with Gasteiger partial charge in [0.05, 0.1) is 49.3 Å². The first-order valence-electron chi connectivity index (χ1n) is 13.7. The van der Waals surface area contributed by atoms with Gasteiger partial charge in [-0.25, -0.2) is 0 Å². The lowest BCUT2D eigenvalue weighted by Gasteiger charge is -2.27. The van der Waals surface area contributed by atoms with E-state index in [1.54, 1.807) is 0 Å². The number of hydrogen-bond donors (Lipinski definition) is 8. The molecule has 15 heteroatoms. The molecule has 0 aliphatic carbocycles. The Hall–Kier alpha value is 0.410. The molecule has 0 unspecified atom stereocenters. The number of rotatable bonds is 24. The van der Waals surface area contributed by atoms with E-state index >= 15 is 0 Å². The molecule has 0 aromatic heterocycles. The largest absolute Gasteiger partial charge is 0.759 e. The summed E-state index contributed by atoms with van der Waals surface area (Å²) in [5, 5.41) is 71.8. The van der Waals surface area contributed by atoms with Gasteiger partial charge in [0.2, 0.25) is 0 Å². The van der Waals surface area contributed by atoms with E-state index in [2.05, 4.69) is 0 Å². The summed E-state index contributed by atoms with van der Waals surface area (Å²) in [6.07, 6.45) is 14.6. The van der Waals surface area contributed by atoms with Crippen LogP contribution in [0, 0.1) is 0 Å². The van der Waals surface area contributed by atoms with Crippen LogP contribution in [-0.2, 0) is 10.4 Å². The molecule has 0 atom stereocenters. The Bertz CT molecular complexity index is 481. The Morgan fingerprint density at radius 2 is 0.462 bits per heavy atom. The molecule has 0 spiro atoms. The van der Waals surface area contributed by atoms with Crippen molar-refractivity contribution in [3.05, 3.63) is 0 Å². The average molecular weight is 631 g/mol. The molecule has 39 heavy (non-hydrogen) atoms. The molecule has 0 aliphatic heterocycles. The molecular weight excluding hydrogens is 574 g/mol. The Kier molecular flexibility index (Phi) is 33.6. The Balaban J connectivity index is -0.000000566. The van der Waals surface area contributed by atoms with Crippen molar-refractivity contribution in [3.63, 3.8) is 0 Å². The monoisotopic (exact) mass is 630 g/mol. The highest BCUT2D eigenvalue weighted by molar-refractivity contribution is 7.79. The standard InChI is InChI=1S/2C12H28O4P.H2O4S/c2*13-5-1-9-17(10-2-6-14,11-3-7-15)12-4-8-16;1-5(2,3)4/h2*13-16H,1-12H2;(H2,1,2,3,4)/q2*+1;/p-2. The van der Waals surface area contributed by atoms with Gasteiger partial charge >= 0.3 is 0 Å². The van der Waals surface area contributed by atoms with Crippen LogP contribution in [0.2, 0.25) is 0 Å². The smallest absolute Gasteiger partial charge is 0.0616 e. The summed E-state index contributed by atoms with van der Waals surface area (Å²) in [6.45, 7) is 1.66. The molecule has 0 radical (unpaired) electrons. The lowest BCUT2D eigenvalue weighted by molar-refractivity contribution is 0.289. The third kappa shape index (κ3) is 31.2. The molecule has 0 rings (SSSR count). The van der Waals surface area contributed by atoms with Gasteiger partial charge in [-0.15, -0.1) is 0 Å². The van der Waals surface area contributed by atoms with Crippen molar-refractivity contribution in [1.29, 1.82) is 0 Å². The summed E-state index contributed by atoms with van der Waals surface area (Å²) in [7, 11) is -7.57. The zero-order valence-electron chi connectivity index (χ0n) is 23.5. The molecule has 0 bridgehead atoms. The SMILES string of the molecule is O=S(=O)([O-])[O-].OCCC[P+](CCCO)(CCCO)CCCO.OCCC[P+](CCCO)(CCCO)CCCO. The molecule has 240 valence electrons. The normalized spacial score (nSPS) is 11.9. The lowest BCUT2D eigenvalue weighted by atomic mass is 10.5. The quantitative estimate of drug-likeness (QED) is 0.0390. The maximum Gasteiger partial charge on any atom is 0.0616 e. The second kappa shape index (κ2) is 29.9. The molecule has 0 aliphatic rings. The van der Waals surface area contributed by atoms with Crippen molar-refractivity contribution in [1.82, 2.24) is 0 Å². The summed E-state index contributed by atoms with van der Waals surface area (Å²) in [4.78, 5) is 0. The fraction of sp³-hybridized carbons (Fsp3) is 1.00. The third-order valence-corrected chi connectivity index (χ3v) is 16.4. The fourth-order valence-corrected chi connectivity index (χ4v) is 13.8. The van der Waals surface area contributed by atoms with Gasteiger partial charge in [-0.2, -0.15) is 0 Å². The maximum atomic E-state index is 8.98. The zero-order valence-corrected chi connectivity index (χ0v) is 26.1. The zero-order chi connectivity index (χ0) is 30.5. The molecule has 0 saturated heterocycles. The van der Waals surface area contributed by atoms with Crippen LogP contribution in [0.25, 0.3) is 0 Å². The van der Waals surface area contributed by atoms with Gasteiger partial charge in [-0.3, -0.25) is 8.42 Å². The van der Waals surface area contributed by atoms with Gasteiger partial charge in [0, 0.05) is 129 Å². The van der Waals surface area contributed by atoms with Gasteiger partial charge in [0.1, 0.15) is 0 Å². The third-order valence-electron chi connectivity index (χ3n) is 6.32. The van der Waals surface area contributed by atoms with Crippen LogP contribution in [0.15, 0.2) is 0 Å². The molecule has 0 aromatic carbocycles. The van der Waals surface area contributed by atoms with Crippen LogP contribution in [-0.4, -0.2) is 161 Å². The minimum atomic E-state index is -5.17. The van der Waals surface area contributed by atoms with Crippen molar-refractivity contribution in [2.24, 2.45) is 0 Å². The highest BCUT2D eigenvalue weighted by Gasteiger charge is 2.35. The molecule has 0 saturated carbocycles. The minimum Gasteiger partial charge on any atom is -0.759 e. The summed E-state index contributed by atoms with van der Waals surface area (Å²) in [5.74, 6) is 0. The molecule has 0 amide bonds. The van der Waals surface area contributed by atoms with Gasteiger partial charge in [-0.05, 0) is 0 Å². The van der Waals surface area contributed by atoms with E-state index in [1.165, 1.54) is 0 Å². The van der Waals surface area contributed by atoms with E-state index < -0.39 is 24.9 Å². The van der Waals surface area contributed by atoms with Gasteiger partial charge < -0.3 is 50.0 Å². The van der Waals surface area contributed by atoms with Crippen LogP contribution in [0.3, 0.4) is 0 Å². The first-order valence-corrected chi connectivity index (χ1v) is 20.1. The highest BCUT2D eigenvalue weighted by atomic mass is 32.3. The van der Waals surface area contributed by atoms with Gasteiger partial charge in [0.15, 0.2) is 0 Å². The van der Waals surface area contributed by atoms with E-state index in [4.69, 9.17) is 58.4 Å². The van der Waals surface area contributed by atoms with Gasteiger partial charge in [0.25, 0.3) is 0 Å². The van der Waals surface area contributed by atoms with Crippen molar-refractivity contribution in [2.75, 3.05) is 102 Å². The predicted molar refractivity (Wildman–Crippen MR) is 157 cm³/mol. The summed E-state index contributed by atoms with van der Waals surface area (Å²) >= 11 is 0. The molecule has 0 heterocycles. The number of aliphatic hydroxyl groups excluding tert-OH is 8. The van der Waals surface area contributed by atoms with E-state index in [0.717, 1.165) is 101 Å². The minimum absolute atomic E-state index is 0.207. The Morgan fingerprint density at radius 3 is 0.538 bits per heavy atom. The summed E-state index contributed by atoms with van der Waals surface area (Å²) in [5.41, 5.74) is 0. The van der Waals surface area contributed by atoms with E-state index in [9.17, 15) is 0 Å².